The number of carbonyl (C=O) groups is 1. The first-order valence-electron chi connectivity index (χ1n) is 5.76. The van der Waals surface area contributed by atoms with Crippen LogP contribution in [0.2, 0.25) is 0 Å². The SMILES string of the molecule is O=C(NC(CO)c1ccccc1)c1ccc(=O)oc1. The van der Waals surface area contributed by atoms with Gasteiger partial charge in [0.15, 0.2) is 0 Å². The quantitative estimate of drug-likeness (QED) is 0.861. The number of aliphatic hydroxyl groups is 1. The van der Waals surface area contributed by atoms with Gasteiger partial charge < -0.3 is 14.8 Å². The van der Waals surface area contributed by atoms with Crippen molar-refractivity contribution >= 4 is 5.91 Å². The molecule has 19 heavy (non-hydrogen) atoms. The second kappa shape index (κ2) is 5.97. The zero-order valence-corrected chi connectivity index (χ0v) is 10.1. The second-order valence-corrected chi connectivity index (χ2v) is 3.96. The minimum Gasteiger partial charge on any atom is -0.430 e. The lowest BCUT2D eigenvalue weighted by Crippen LogP contribution is -2.30. The van der Waals surface area contributed by atoms with Crippen LogP contribution >= 0.6 is 0 Å². The molecule has 1 heterocycles. The van der Waals surface area contributed by atoms with Gasteiger partial charge in [0.25, 0.3) is 5.91 Å². The Morgan fingerprint density at radius 1 is 1.21 bits per heavy atom. The standard InChI is InChI=1S/C14H13NO4/c16-8-12(10-4-2-1-3-5-10)15-14(18)11-6-7-13(17)19-9-11/h1-7,9,12,16H,8H2,(H,15,18). The summed E-state index contributed by atoms with van der Waals surface area (Å²) >= 11 is 0. The summed E-state index contributed by atoms with van der Waals surface area (Å²) in [6.07, 6.45) is 1.09. The Morgan fingerprint density at radius 2 is 1.95 bits per heavy atom. The maximum Gasteiger partial charge on any atom is 0.335 e. The van der Waals surface area contributed by atoms with Crippen molar-refractivity contribution in [2.24, 2.45) is 0 Å². The van der Waals surface area contributed by atoms with Crippen LogP contribution in [0.5, 0.6) is 0 Å². The van der Waals surface area contributed by atoms with Crippen molar-refractivity contribution in [3.63, 3.8) is 0 Å². The van der Waals surface area contributed by atoms with Gasteiger partial charge in [-0.3, -0.25) is 4.79 Å². The summed E-state index contributed by atoms with van der Waals surface area (Å²) in [6, 6.07) is 11.2. The first-order valence-corrected chi connectivity index (χ1v) is 5.76. The zero-order valence-electron chi connectivity index (χ0n) is 10.1. The van der Waals surface area contributed by atoms with Crippen LogP contribution in [0, 0.1) is 0 Å². The van der Waals surface area contributed by atoms with Crippen molar-refractivity contribution in [3.8, 4) is 0 Å². The van der Waals surface area contributed by atoms with E-state index in [0.29, 0.717) is 0 Å². The lowest BCUT2D eigenvalue weighted by Gasteiger charge is -2.16. The molecule has 2 aromatic rings. The number of rotatable bonds is 4. The third-order valence-electron chi connectivity index (χ3n) is 2.65. The van der Waals surface area contributed by atoms with E-state index in [9.17, 15) is 14.7 Å². The van der Waals surface area contributed by atoms with Crippen molar-refractivity contribution in [3.05, 3.63) is 70.3 Å². The Kier molecular flexibility index (Phi) is 4.10. The summed E-state index contributed by atoms with van der Waals surface area (Å²) in [7, 11) is 0. The van der Waals surface area contributed by atoms with Gasteiger partial charge in [-0.25, -0.2) is 4.79 Å². The van der Waals surface area contributed by atoms with Crippen LogP contribution in [0.4, 0.5) is 0 Å². The highest BCUT2D eigenvalue weighted by molar-refractivity contribution is 5.93. The van der Waals surface area contributed by atoms with Crippen molar-refractivity contribution in [1.82, 2.24) is 5.32 Å². The van der Waals surface area contributed by atoms with E-state index in [1.807, 2.05) is 30.3 Å². The van der Waals surface area contributed by atoms with Gasteiger partial charge in [-0.2, -0.15) is 0 Å². The minimum absolute atomic E-state index is 0.216. The van der Waals surface area contributed by atoms with Gasteiger partial charge in [-0.1, -0.05) is 30.3 Å². The number of hydrogen-bond acceptors (Lipinski definition) is 4. The Morgan fingerprint density at radius 3 is 2.53 bits per heavy atom. The summed E-state index contributed by atoms with van der Waals surface area (Å²) in [4.78, 5) is 22.7. The maximum atomic E-state index is 11.9. The monoisotopic (exact) mass is 259 g/mol. The summed E-state index contributed by atoms with van der Waals surface area (Å²) in [5, 5.41) is 12.0. The average Bonchev–Trinajstić information content (AvgIpc) is 2.46. The van der Waals surface area contributed by atoms with Gasteiger partial charge in [0, 0.05) is 6.07 Å². The normalized spacial score (nSPS) is 11.8. The zero-order chi connectivity index (χ0) is 13.7. The average molecular weight is 259 g/mol. The van der Waals surface area contributed by atoms with Gasteiger partial charge in [0.2, 0.25) is 0 Å². The Bertz CT molecular complexity index is 586. The largest absolute Gasteiger partial charge is 0.430 e. The van der Waals surface area contributed by atoms with E-state index < -0.39 is 17.6 Å². The molecule has 0 radical (unpaired) electrons. The maximum absolute atomic E-state index is 11.9. The summed E-state index contributed by atoms with van der Waals surface area (Å²) in [5.41, 5.74) is 0.517. The molecule has 1 amide bonds. The topological polar surface area (TPSA) is 79.5 Å². The van der Waals surface area contributed by atoms with Crippen LogP contribution < -0.4 is 10.9 Å². The van der Waals surface area contributed by atoms with Gasteiger partial charge >= 0.3 is 5.63 Å². The summed E-state index contributed by atoms with van der Waals surface area (Å²) in [5.74, 6) is -0.411. The molecule has 0 spiro atoms. The molecule has 0 saturated heterocycles. The Labute approximate surface area is 109 Å². The fourth-order valence-electron chi connectivity index (χ4n) is 1.65. The number of carbonyl (C=O) groups excluding carboxylic acids is 1. The molecule has 1 unspecified atom stereocenters. The first-order chi connectivity index (χ1) is 9.20. The van der Waals surface area contributed by atoms with E-state index in [-0.39, 0.29) is 12.2 Å². The van der Waals surface area contributed by atoms with E-state index in [4.69, 9.17) is 0 Å². The molecule has 1 aromatic carbocycles. The smallest absolute Gasteiger partial charge is 0.335 e. The lowest BCUT2D eigenvalue weighted by molar-refractivity contribution is 0.0913. The van der Waals surface area contributed by atoms with Crippen LogP contribution in [0.15, 0.2) is 57.9 Å². The van der Waals surface area contributed by atoms with E-state index in [2.05, 4.69) is 9.73 Å². The molecule has 0 aliphatic heterocycles. The minimum atomic E-state index is -0.515. The third kappa shape index (κ3) is 3.29. The third-order valence-corrected chi connectivity index (χ3v) is 2.65. The van der Waals surface area contributed by atoms with Crippen molar-refractivity contribution in [1.29, 1.82) is 0 Å². The molecule has 5 heteroatoms. The van der Waals surface area contributed by atoms with Gasteiger partial charge in [0.1, 0.15) is 6.26 Å². The number of benzene rings is 1. The van der Waals surface area contributed by atoms with Crippen LogP contribution in [-0.4, -0.2) is 17.6 Å². The highest BCUT2D eigenvalue weighted by Gasteiger charge is 2.15. The van der Waals surface area contributed by atoms with E-state index in [1.54, 1.807) is 0 Å². The molecular weight excluding hydrogens is 246 g/mol. The number of nitrogens with one attached hydrogen (secondary N) is 1. The lowest BCUT2D eigenvalue weighted by atomic mass is 10.1. The fourth-order valence-corrected chi connectivity index (χ4v) is 1.65. The molecule has 0 aliphatic rings. The first kappa shape index (κ1) is 13.0. The summed E-state index contributed by atoms with van der Waals surface area (Å²) in [6.45, 7) is -0.216. The molecule has 0 aliphatic carbocycles. The van der Waals surface area contributed by atoms with Crippen LogP contribution in [0.1, 0.15) is 22.0 Å². The molecule has 98 valence electrons. The van der Waals surface area contributed by atoms with Crippen LogP contribution in [0.3, 0.4) is 0 Å². The molecule has 0 saturated carbocycles. The summed E-state index contributed by atoms with van der Waals surface area (Å²) < 4.78 is 4.62. The number of amides is 1. The highest BCUT2D eigenvalue weighted by atomic mass is 16.4. The van der Waals surface area contributed by atoms with Crippen molar-refractivity contribution in [2.45, 2.75) is 6.04 Å². The van der Waals surface area contributed by atoms with E-state index in [0.717, 1.165) is 11.8 Å². The predicted octanol–water partition coefficient (Wildman–Crippen LogP) is 1.10. The molecule has 2 rings (SSSR count). The van der Waals surface area contributed by atoms with Crippen LogP contribution in [-0.2, 0) is 0 Å². The number of hydrogen-bond donors (Lipinski definition) is 2. The van der Waals surface area contributed by atoms with Crippen molar-refractivity contribution in [2.75, 3.05) is 6.61 Å². The molecule has 1 atom stereocenters. The molecule has 0 bridgehead atoms. The van der Waals surface area contributed by atoms with Crippen molar-refractivity contribution < 1.29 is 14.3 Å². The molecular formula is C14H13NO4. The predicted molar refractivity (Wildman–Crippen MR) is 68.7 cm³/mol. The molecule has 1 aromatic heterocycles. The second-order valence-electron chi connectivity index (χ2n) is 3.96. The van der Waals surface area contributed by atoms with E-state index in [1.165, 1.54) is 12.1 Å². The molecule has 5 nitrogen and oxygen atoms in total. The Balaban J connectivity index is 2.13. The van der Waals surface area contributed by atoms with Gasteiger partial charge in [-0.05, 0) is 11.6 Å². The Hall–Kier alpha value is -2.40. The molecule has 2 N–H and O–H groups in total. The number of aliphatic hydroxyl groups excluding tert-OH is 1. The highest BCUT2D eigenvalue weighted by Crippen LogP contribution is 2.12. The van der Waals surface area contributed by atoms with Gasteiger partial charge in [-0.15, -0.1) is 0 Å². The molecule has 0 fully saturated rings. The van der Waals surface area contributed by atoms with Gasteiger partial charge in [0.05, 0.1) is 18.2 Å². The van der Waals surface area contributed by atoms with E-state index >= 15 is 0 Å². The fraction of sp³-hybridized carbons (Fsp3) is 0.143. The van der Waals surface area contributed by atoms with Crippen LogP contribution in [0.25, 0.3) is 0 Å².